The van der Waals surface area contributed by atoms with Gasteiger partial charge in [0.05, 0.1) is 13.7 Å². The first-order valence-electron chi connectivity index (χ1n) is 7.65. The Morgan fingerprint density at radius 2 is 1.86 bits per heavy atom. The fourth-order valence-corrected chi connectivity index (χ4v) is 2.27. The molecule has 1 rings (SSSR count). The molecule has 0 aliphatic heterocycles. The van der Waals surface area contributed by atoms with Crippen LogP contribution in [0.15, 0.2) is 30.3 Å². The normalized spacial score (nSPS) is 11.9. The molecule has 0 aliphatic carbocycles. The van der Waals surface area contributed by atoms with Gasteiger partial charge in [0, 0.05) is 12.2 Å². The molecule has 0 saturated carbocycles. The van der Waals surface area contributed by atoms with Crippen molar-refractivity contribution in [2.45, 2.75) is 33.2 Å². The standard InChI is InChI=1S/C17H26N2O3/c1-5-19(14-9-7-6-8-10-14)12-16(20)18-15(11-13(2)3)17(21)22-4/h6-10,13,15H,5,11-12H2,1-4H3,(H,18,20). The second kappa shape index (κ2) is 9.07. The summed E-state index contributed by atoms with van der Waals surface area (Å²) in [5, 5.41) is 2.78. The number of methoxy groups -OCH3 is 1. The maximum atomic E-state index is 12.2. The van der Waals surface area contributed by atoms with Gasteiger partial charge in [-0.25, -0.2) is 4.79 Å². The molecule has 1 amide bonds. The van der Waals surface area contributed by atoms with Crippen molar-refractivity contribution in [3.05, 3.63) is 30.3 Å². The number of hydrogen-bond donors (Lipinski definition) is 1. The Balaban J connectivity index is 2.67. The van der Waals surface area contributed by atoms with Gasteiger partial charge in [0.1, 0.15) is 6.04 Å². The number of hydrogen-bond acceptors (Lipinski definition) is 4. The first-order chi connectivity index (χ1) is 10.5. The van der Waals surface area contributed by atoms with E-state index in [2.05, 4.69) is 5.32 Å². The Morgan fingerprint density at radius 1 is 1.23 bits per heavy atom. The van der Waals surface area contributed by atoms with Gasteiger partial charge >= 0.3 is 5.97 Å². The Kier molecular flexibility index (Phi) is 7.43. The highest BCUT2D eigenvalue weighted by Crippen LogP contribution is 2.12. The fourth-order valence-electron chi connectivity index (χ4n) is 2.27. The predicted octanol–water partition coefficient (Wildman–Crippen LogP) is 2.22. The predicted molar refractivity (Wildman–Crippen MR) is 87.7 cm³/mol. The van der Waals surface area contributed by atoms with Gasteiger partial charge in [-0.2, -0.15) is 0 Å². The molecule has 5 heteroatoms. The molecule has 0 saturated heterocycles. The Labute approximate surface area is 132 Å². The number of carbonyl (C=O) groups is 2. The quantitative estimate of drug-likeness (QED) is 0.748. The molecular formula is C17H26N2O3. The fraction of sp³-hybridized carbons (Fsp3) is 0.529. The lowest BCUT2D eigenvalue weighted by Crippen LogP contribution is -2.46. The number of likely N-dealkylation sites (N-methyl/N-ethyl adjacent to an activating group) is 1. The molecule has 1 aromatic carbocycles. The van der Waals surface area contributed by atoms with Gasteiger partial charge in [-0.15, -0.1) is 0 Å². The number of anilines is 1. The highest BCUT2D eigenvalue weighted by atomic mass is 16.5. The molecule has 0 fully saturated rings. The van der Waals surface area contributed by atoms with Crippen LogP contribution in [-0.4, -0.2) is 38.1 Å². The molecule has 1 atom stereocenters. The third-order valence-corrected chi connectivity index (χ3v) is 3.37. The van der Waals surface area contributed by atoms with Gasteiger partial charge in [0.2, 0.25) is 5.91 Å². The van der Waals surface area contributed by atoms with Gasteiger partial charge in [0.15, 0.2) is 0 Å². The number of nitrogens with zero attached hydrogens (tertiary/aromatic N) is 1. The monoisotopic (exact) mass is 306 g/mol. The van der Waals surface area contributed by atoms with E-state index in [9.17, 15) is 9.59 Å². The summed E-state index contributed by atoms with van der Waals surface area (Å²) in [5.41, 5.74) is 0.985. The average molecular weight is 306 g/mol. The van der Waals surface area contributed by atoms with E-state index in [4.69, 9.17) is 4.74 Å². The van der Waals surface area contributed by atoms with Gasteiger partial charge in [-0.3, -0.25) is 4.79 Å². The number of esters is 1. The first-order valence-corrected chi connectivity index (χ1v) is 7.65. The van der Waals surface area contributed by atoms with Crippen LogP contribution >= 0.6 is 0 Å². The third kappa shape index (κ3) is 5.76. The van der Waals surface area contributed by atoms with Gasteiger partial charge < -0.3 is 15.0 Å². The summed E-state index contributed by atoms with van der Waals surface area (Å²) >= 11 is 0. The first kappa shape index (κ1) is 18.0. The zero-order valence-corrected chi connectivity index (χ0v) is 13.8. The molecule has 0 spiro atoms. The van der Waals surface area contributed by atoms with Crippen molar-refractivity contribution < 1.29 is 14.3 Å². The van der Waals surface area contributed by atoms with Crippen LogP contribution in [0.3, 0.4) is 0 Å². The van der Waals surface area contributed by atoms with Crippen molar-refractivity contribution in [1.82, 2.24) is 5.32 Å². The van der Waals surface area contributed by atoms with Crippen LogP contribution in [-0.2, 0) is 14.3 Å². The average Bonchev–Trinajstić information content (AvgIpc) is 2.51. The van der Waals surface area contributed by atoms with Crippen LogP contribution in [0.25, 0.3) is 0 Å². The molecule has 1 aromatic rings. The van der Waals surface area contributed by atoms with Crippen molar-refractivity contribution in [3.8, 4) is 0 Å². The molecule has 0 aromatic heterocycles. The maximum absolute atomic E-state index is 12.2. The van der Waals surface area contributed by atoms with E-state index in [0.29, 0.717) is 18.9 Å². The second-order valence-electron chi connectivity index (χ2n) is 5.62. The minimum absolute atomic E-state index is 0.179. The molecule has 22 heavy (non-hydrogen) atoms. The number of ether oxygens (including phenoxy) is 1. The van der Waals surface area contributed by atoms with Gasteiger partial charge in [-0.1, -0.05) is 32.0 Å². The third-order valence-electron chi connectivity index (χ3n) is 3.37. The number of nitrogens with one attached hydrogen (secondary N) is 1. The van der Waals surface area contributed by atoms with E-state index in [1.807, 2.05) is 56.0 Å². The number of amides is 1. The minimum Gasteiger partial charge on any atom is -0.467 e. The minimum atomic E-state index is -0.591. The highest BCUT2D eigenvalue weighted by molar-refractivity contribution is 5.87. The van der Waals surface area contributed by atoms with Crippen molar-refractivity contribution in [1.29, 1.82) is 0 Å². The SMILES string of the molecule is CCN(CC(=O)NC(CC(C)C)C(=O)OC)c1ccccc1. The Bertz CT molecular complexity index is 474. The van der Waals surface area contributed by atoms with E-state index in [1.54, 1.807) is 0 Å². The van der Waals surface area contributed by atoms with Crippen LogP contribution in [0.2, 0.25) is 0 Å². The van der Waals surface area contributed by atoms with E-state index in [0.717, 1.165) is 5.69 Å². The Hall–Kier alpha value is -2.04. The number of carbonyl (C=O) groups excluding carboxylic acids is 2. The van der Waals surface area contributed by atoms with Crippen molar-refractivity contribution in [2.75, 3.05) is 25.1 Å². The molecule has 0 heterocycles. The van der Waals surface area contributed by atoms with E-state index >= 15 is 0 Å². The lowest BCUT2D eigenvalue weighted by molar-refractivity contribution is -0.145. The van der Waals surface area contributed by atoms with Crippen LogP contribution < -0.4 is 10.2 Å². The molecule has 0 radical (unpaired) electrons. The van der Waals surface area contributed by atoms with Crippen molar-refractivity contribution >= 4 is 17.6 Å². The van der Waals surface area contributed by atoms with E-state index in [-0.39, 0.29) is 12.5 Å². The van der Waals surface area contributed by atoms with Crippen molar-refractivity contribution in [3.63, 3.8) is 0 Å². The summed E-state index contributed by atoms with van der Waals surface area (Å²) in [6.45, 7) is 6.93. The lowest BCUT2D eigenvalue weighted by Gasteiger charge is -2.24. The van der Waals surface area contributed by atoms with Crippen LogP contribution in [0, 0.1) is 5.92 Å². The molecule has 0 bridgehead atoms. The summed E-state index contributed by atoms with van der Waals surface area (Å²) in [6, 6.07) is 9.14. The topological polar surface area (TPSA) is 58.6 Å². The largest absolute Gasteiger partial charge is 0.467 e. The zero-order chi connectivity index (χ0) is 16.5. The van der Waals surface area contributed by atoms with Gasteiger partial charge in [0.25, 0.3) is 0 Å². The van der Waals surface area contributed by atoms with E-state index in [1.165, 1.54) is 7.11 Å². The molecule has 1 N–H and O–H groups in total. The number of benzene rings is 1. The summed E-state index contributed by atoms with van der Waals surface area (Å²) in [4.78, 5) is 26.0. The molecule has 0 aliphatic rings. The van der Waals surface area contributed by atoms with E-state index < -0.39 is 12.0 Å². The second-order valence-corrected chi connectivity index (χ2v) is 5.62. The van der Waals surface area contributed by atoms with Crippen LogP contribution in [0.1, 0.15) is 27.2 Å². The molecule has 122 valence electrons. The summed E-state index contributed by atoms with van der Waals surface area (Å²) < 4.78 is 4.76. The summed E-state index contributed by atoms with van der Waals surface area (Å²) in [5.74, 6) is -0.285. The summed E-state index contributed by atoms with van der Waals surface area (Å²) in [6.07, 6.45) is 0.565. The maximum Gasteiger partial charge on any atom is 0.328 e. The number of rotatable bonds is 8. The number of para-hydroxylation sites is 1. The highest BCUT2D eigenvalue weighted by Gasteiger charge is 2.23. The van der Waals surface area contributed by atoms with Crippen molar-refractivity contribution in [2.24, 2.45) is 5.92 Å². The molecular weight excluding hydrogens is 280 g/mol. The lowest BCUT2D eigenvalue weighted by atomic mass is 10.0. The Morgan fingerprint density at radius 3 is 2.36 bits per heavy atom. The van der Waals surface area contributed by atoms with Crippen LogP contribution in [0.4, 0.5) is 5.69 Å². The van der Waals surface area contributed by atoms with Gasteiger partial charge in [-0.05, 0) is 31.4 Å². The summed E-state index contributed by atoms with van der Waals surface area (Å²) in [7, 11) is 1.34. The smallest absolute Gasteiger partial charge is 0.328 e. The van der Waals surface area contributed by atoms with Crippen LogP contribution in [0.5, 0.6) is 0 Å². The zero-order valence-electron chi connectivity index (χ0n) is 13.8. The molecule has 5 nitrogen and oxygen atoms in total. The molecule has 1 unspecified atom stereocenters.